The highest BCUT2D eigenvalue weighted by molar-refractivity contribution is 5.96. The average Bonchev–Trinajstić information content (AvgIpc) is 2.73. The maximum atomic E-state index is 13.6. The van der Waals surface area contributed by atoms with Gasteiger partial charge in [-0.05, 0) is 32.0 Å². The number of Topliss-reactive ketones (excluding diaryl/α,β-unsaturated/α-hetero) is 1. The average molecular weight is 307 g/mol. The molecular formula is C14H14FN3O4. The first-order chi connectivity index (χ1) is 10.3. The Balaban J connectivity index is 2.28. The molecule has 0 radical (unpaired) electrons. The van der Waals surface area contributed by atoms with Crippen LogP contribution in [-0.2, 0) is 6.54 Å². The minimum absolute atomic E-state index is 0.0401. The zero-order chi connectivity index (χ0) is 16.4. The number of hydrogen-bond donors (Lipinski definition) is 0. The fourth-order valence-electron chi connectivity index (χ4n) is 2.17. The number of methoxy groups -OCH3 is 1. The Kier molecular flexibility index (Phi) is 4.20. The lowest BCUT2D eigenvalue weighted by molar-refractivity contribution is -0.386. The molecule has 2 aromatic rings. The van der Waals surface area contributed by atoms with Crippen LogP contribution >= 0.6 is 0 Å². The molecule has 0 amide bonds. The lowest BCUT2D eigenvalue weighted by atomic mass is 10.1. The Morgan fingerprint density at radius 2 is 2.14 bits per heavy atom. The van der Waals surface area contributed by atoms with Crippen LogP contribution in [0.3, 0.4) is 0 Å². The molecule has 0 saturated heterocycles. The third-order valence-corrected chi connectivity index (χ3v) is 3.29. The Hall–Kier alpha value is -2.77. The topological polar surface area (TPSA) is 87.3 Å². The van der Waals surface area contributed by atoms with Crippen molar-refractivity contribution < 1.29 is 18.8 Å². The molecule has 2 rings (SSSR count). The third kappa shape index (κ3) is 2.80. The maximum absolute atomic E-state index is 13.6. The monoisotopic (exact) mass is 307 g/mol. The van der Waals surface area contributed by atoms with E-state index in [2.05, 4.69) is 5.10 Å². The summed E-state index contributed by atoms with van der Waals surface area (Å²) in [5.74, 6) is -1.01. The van der Waals surface area contributed by atoms with E-state index in [1.165, 1.54) is 37.8 Å². The minimum atomic E-state index is -0.646. The molecule has 0 saturated carbocycles. The molecule has 1 aromatic carbocycles. The van der Waals surface area contributed by atoms with Crippen molar-refractivity contribution in [3.63, 3.8) is 0 Å². The molecule has 0 aliphatic rings. The first-order valence-electron chi connectivity index (χ1n) is 6.40. The summed E-state index contributed by atoms with van der Waals surface area (Å²) in [4.78, 5) is 22.6. The van der Waals surface area contributed by atoms with Crippen molar-refractivity contribution in [3.05, 3.63) is 51.1 Å². The predicted octanol–water partition coefficient (Wildman–Crippen LogP) is 2.44. The zero-order valence-corrected chi connectivity index (χ0v) is 12.3. The summed E-state index contributed by atoms with van der Waals surface area (Å²) in [6.45, 7) is 2.81. The number of aryl methyl sites for hydroxylation is 1. The number of carbonyl (C=O) groups excluding carboxylic acids is 1. The summed E-state index contributed by atoms with van der Waals surface area (Å²) in [6, 6.07) is 3.86. The van der Waals surface area contributed by atoms with E-state index >= 15 is 0 Å². The second-order valence-corrected chi connectivity index (χ2v) is 4.71. The molecular weight excluding hydrogens is 293 g/mol. The van der Waals surface area contributed by atoms with E-state index in [9.17, 15) is 19.3 Å². The number of ether oxygens (including phenoxy) is 1. The summed E-state index contributed by atoms with van der Waals surface area (Å²) in [5, 5.41) is 14.9. The molecule has 0 spiro atoms. The van der Waals surface area contributed by atoms with E-state index in [0.717, 1.165) is 6.07 Å². The van der Waals surface area contributed by atoms with Crippen molar-refractivity contribution in [2.75, 3.05) is 7.11 Å². The second-order valence-electron chi connectivity index (χ2n) is 4.71. The van der Waals surface area contributed by atoms with Gasteiger partial charge in [-0.25, -0.2) is 4.39 Å². The molecule has 0 bridgehead atoms. The van der Waals surface area contributed by atoms with E-state index in [1.54, 1.807) is 0 Å². The van der Waals surface area contributed by atoms with Gasteiger partial charge in [0.15, 0.2) is 17.3 Å². The highest BCUT2D eigenvalue weighted by Crippen LogP contribution is 2.23. The van der Waals surface area contributed by atoms with Crippen LogP contribution in [0.4, 0.5) is 10.1 Å². The van der Waals surface area contributed by atoms with Gasteiger partial charge in [-0.15, -0.1) is 0 Å². The van der Waals surface area contributed by atoms with Crippen LogP contribution < -0.4 is 4.74 Å². The van der Waals surface area contributed by atoms with Crippen LogP contribution in [0.1, 0.15) is 21.7 Å². The van der Waals surface area contributed by atoms with E-state index in [4.69, 9.17) is 4.74 Å². The fraction of sp³-hybridized carbons (Fsp3) is 0.286. The van der Waals surface area contributed by atoms with Crippen LogP contribution in [0.2, 0.25) is 0 Å². The quantitative estimate of drug-likeness (QED) is 0.481. The van der Waals surface area contributed by atoms with Crippen LogP contribution in [0.15, 0.2) is 18.2 Å². The zero-order valence-electron chi connectivity index (χ0n) is 12.3. The van der Waals surface area contributed by atoms with Crippen LogP contribution in [0, 0.1) is 29.8 Å². The van der Waals surface area contributed by atoms with Gasteiger partial charge in [-0.1, -0.05) is 0 Å². The molecule has 116 valence electrons. The summed E-state index contributed by atoms with van der Waals surface area (Å²) in [6.07, 6.45) is 0. The molecule has 22 heavy (non-hydrogen) atoms. The van der Waals surface area contributed by atoms with Gasteiger partial charge in [0, 0.05) is 5.56 Å². The smallest absolute Gasteiger partial charge is 0.312 e. The highest BCUT2D eigenvalue weighted by Gasteiger charge is 2.23. The minimum Gasteiger partial charge on any atom is -0.494 e. The van der Waals surface area contributed by atoms with Crippen LogP contribution in [0.5, 0.6) is 5.75 Å². The molecule has 0 aliphatic carbocycles. The highest BCUT2D eigenvalue weighted by atomic mass is 19.1. The summed E-state index contributed by atoms with van der Waals surface area (Å²) >= 11 is 0. The van der Waals surface area contributed by atoms with Gasteiger partial charge in [0.2, 0.25) is 0 Å². The standard InChI is InChI=1S/C14H14FN3O4/c1-8-14(18(20)21)9(2)17(16-8)7-12(19)10-4-5-13(22-3)11(15)6-10/h4-6H,7H2,1-3H3. The molecule has 1 aromatic heterocycles. The number of nitrogens with zero attached hydrogens (tertiary/aromatic N) is 3. The number of halogens is 1. The SMILES string of the molecule is COc1ccc(C(=O)Cn2nc(C)c([N+](=O)[O-])c2C)cc1F. The number of rotatable bonds is 5. The van der Waals surface area contributed by atoms with Gasteiger partial charge < -0.3 is 4.74 Å². The van der Waals surface area contributed by atoms with Gasteiger partial charge in [0.1, 0.15) is 17.9 Å². The van der Waals surface area contributed by atoms with Crippen molar-refractivity contribution in [2.24, 2.45) is 0 Å². The number of carbonyl (C=O) groups is 1. The molecule has 0 atom stereocenters. The van der Waals surface area contributed by atoms with Crippen LogP contribution in [-0.4, -0.2) is 27.6 Å². The predicted molar refractivity (Wildman–Crippen MR) is 75.6 cm³/mol. The first-order valence-corrected chi connectivity index (χ1v) is 6.40. The van der Waals surface area contributed by atoms with Gasteiger partial charge >= 0.3 is 5.69 Å². The summed E-state index contributed by atoms with van der Waals surface area (Å²) < 4.78 is 19.6. The number of ketones is 1. The molecule has 0 aliphatic heterocycles. The van der Waals surface area contributed by atoms with Crippen molar-refractivity contribution in [3.8, 4) is 5.75 Å². The van der Waals surface area contributed by atoms with Crippen LogP contribution in [0.25, 0.3) is 0 Å². The van der Waals surface area contributed by atoms with E-state index in [1.807, 2.05) is 0 Å². The number of nitro groups is 1. The second kappa shape index (κ2) is 5.92. The summed E-state index contributed by atoms with van der Waals surface area (Å²) in [7, 11) is 1.33. The number of aromatic nitrogens is 2. The normalized spacial score (nSPS) is 10.5. The molecule has 0 N–H and O–H groups in total. The largest absolute Gasteiger partial charge is 0.494 e. The Bertz CT molecular complexity index is 755. The van der Waals surface area contributed by atoms with Gasteiger partial charge in [-0.2, -0.15) is 5.10 Å². The first kappa shape index (κ1) is 15.6. The van der Waals surface area contributed by atoms with E-state index < -0.39 is 16.5 Å². The van der Waals surface area contributed by atoms with Crippen molar-refractivity contribution in [1.29, 1.82) is 0 Å². The van der Waals surface area contributed by atoms with Gasteiger partial charge in [-0.3, -0.25) is 19.6 Å². The molecule has 8 heteroatoms. The van der Waals surface area contributed by atoms with E-state index in [0.29, 0.717) is 0 Å². The number of hydrogen-bond acceptors (Lipinski definition) is 5. The van der Waals surface area contributed by atoms with Crippen molar-refractivity contribution in [2.45, 2.75) is 20.4 Å². The van der Waals surface area contributed by atoms with Gasteiger partial charge in [0.05, 0.1) is 12.0 Å². The van der Waals surface area contributed by atoms with Crippen molar-refractivity contribution >= 4 is 11.5 Å². The van der Waals surface area contributed by atoms with E-state index in [-0.39, 0.29) is 34.9 Å². The molecule has 1 heterocycles. The number of benzene rings is 1. The lowest BCUT2D eigenvalue weighted by Gasteiger charge is -2.06. The Morgan fingerprint density at radius 1 is 1.45 bits per heavy atom. The lowest BCUT2D eigenvalue weighted by Crippen LogP contribution is -2.13. The Morgan fingerprint density at radius 3 is 2.64 bits per heavy atom. The van der Waals surface area contributed by atoms with Crippen molar-refractivity contribution in [1.82, 2.24) is 9.78 Å². The molecule has 7 nitrogen and oxygen atoms in total. The fourth-order valence-corrected chi connectivity index (χ4v) is 2.17. The molecule has 0 fully saturated rings. The maximum Gasteiger partial charge on any atom is 0.312 e. The third-order valence-electron chi connectivity index (χ3n) is 3.29. The summed E-state index contributed by atoms with van der Waals surface area (Å²) in [5.41, 5.74) is 0.545. The molecule has 0 unspecified atom stereocenters. The van der Waals surface area contributed by atoms with Gasteiger partial charge in [0.25, 0.3) is 0 Å². The Labute approximate surface area is 125 Å².